The lowest BCUT2D eigenvalue weighted by Crippen LogP contribution is -2.33. The average Bonchev–Trinajstić information content (AvgIpc) is 3.17. The number of carbonyl (C=O) groups excluding carboxylic acids is 2. The molecule has 2 aromatic rings. The smallest absolute Gasteiger partial charge is 0.276 e. The molecule has 32 heavy (non-hydrogen) atoms. The molecule has 0 spiro atoms. The Balaban J connectivity index is 0.000000911. The Bertz CT molecular complexity index is 959. The van der Waals surface area contributed by atoms with Crippen LogP contribution < -0.4 is 16.4 Å². The maximum atomic E-state index is 12.3. The number of aromatic nitrogens is 2. The summed E-state index contributed by atoms with van der Waals surface area (Å²) in [6.07, 6.45) is 3.89. The zero-order chi connectivity index (χ0) is 24.8. The van der Waals surface area contributed by atoms with Crippen LogP contribution in [0.3, 0.4) is 0 Å². The van der Waals surface area contributed by atoms with Crippen LogP contribution in [-0.4, -0.2) is 33.3 Å². The first kappa shape index (κ1) is 29.9. The maximum Gasteiger partial charge on any atom is 0.276 e. The van der Waals surface area contributed by atoms with E-state index < -0.39 is 18.0 Å². The lowest BCUT2D eigenvalue weighted by Gasteiger charge is -2.15. The third kappa shape index (κ3) is 10.4. The fourth-order valence-corrected chi connectivity index (χ4v) is 3.17. The first-order chi connectivity index (χ1) is 15.1. The van der Waals surface area contributed by atoms with Gasteiger partial charge in [-0.3, -0.25) is 14.7 Å². The highest BCUT2D eigenvalue weighted by atomic mass is 79.9. The Labute approximate surface area is 209 Å². The van der Waals surface area contributed by atoms with Gasteiger partial charge in [-0.1, -0.05) is 47.5 Å². The minimum Gasteiger partial charge on any atom is -0.403 e. The molecule has 0 aliphatic rings. The van der Waals surface area contributed by atoms with Crippen LogP contribution in [-0.2, 0) is 0 Å². The summed E-state index contributed by atoms with van der Waals surface area (Å²) >= 11 is 11.9. The summed E-state index contributed by atoms with van der Waals surface area (Å²) < 4.78 is 1.26. The topological polar surface area (TPSA) is 133 Å². The lowest BCUT2D eigenvalue weighted by atomic mass is 10.1. The monoisotopic (exact) mass is 591 g/mol. The SMILES string of the molecule is C/C=C\C(Cl)=C/N.CC.Cc1cc(Br)cc(C(=O)NC(C)O)c1NC(=O)c1cc(Br)[nH]n1. The Morgan fingerprint density at radius 3 is 2.31 bits per heavy atom. The zero-order valence-electron chi connectivity index (χ0n) is 18.5. The summed E-state index contributed by atoms with van der Waals surface area (Å²) in [5.74, 6) is -0.952. The molecule has 1 unspecified atom stereocenters. The molecule has 8 nitrogen and oxygen atoms in total. The molecular formula is C21H28Br2ClN5O3. The number of nitrogens with one attached hydrogen (secondary N) is 3. The summed E-state index contributed by atoms with van der Waals surface area (Å²) in [6, 6.07) is 4.87. The van der Waals surface area contributed by atoms with Crippen LogP contribution in [0, 0.1) is 6.92 Å². The van der Waals surface area contributed by atoms with Crippen molar-refractivity contribution < 1.29 is 14.7 Å². The van der Waals surface area contributed by atoms with Crippen LogP contribution in [0.15, 0.2) is 50.7 Å². The van der Waals surface area contributed by atoms with Crippen molar-refractivity contribution in [3.05, 3.63) is 67.5 Å². The van der Waals surface area contributed by atoms with Gasteiger partial charge in [0.15, 0.2) is 5.69 Å². The normalized spacial score (nSPS) is 11.6. The van der Waals surface area contributed by atoms with E-state index in [2.05, 4.69) is 52.7 Å². The van der Waals surface area contributed by atoms with Gasteiger partial charge in [0.1, 0.15) is 10.8 Å². The van der Waals surface area contributed by atoms with E-state index in [1.807, 2.05) is 26.8 Å². The number of halogens is 3. The fourth-order valence-electron chi connectivity index (χ4n) is 2.16. The molecule has 0 saturated carbocycles. The van der Waals surface area contributed by atoms with E-state index in [0.29, 0.717) is 25.4 Å². The van der Waals surface area contributed by atoms with E-state index in [1.165, 1.54) is 19.2 Å². The molecular weight excluding hydrogens is 566 g/mol. The summed E-state index contributed by atoms with van der Waals surface area (Å²) in [5, 5.41) is 21.4. The molecule has 176 valence electrons. The Kier molecular flexibility index (Phi) is 14.6. The van der Waals surface area contributed by atoms with Gasteiger partial charge in [0.05, 0.1) is 16.3 Å². The number of aliphatic hydroxyl groups is 1. The molecule has 1 aromatic carbocycles. The third-order valence-corrected chi connectivity index (χ3v) is 4.50. The van der Waals surface area contributed by atoms with Crippen molar-refractivity contribution in [3.63, 3.8) is 0 Å². The van der Waals surface area contributed by atoms with Gasteiger partial charge in [-0.25, -0.2) is 0 Å². The number of aromatic amines is 1. The third-order valence-electron chi connectivity index (χ3n) is 3.39. The second-order valence-corrected chi connectivity index (χ2v) is 8.11. The second-order valence-electron chi connectivity index (χ2n) is 5.90. The van der Waals surface area contributed by atoms with Crippen LogP contribution in [0.4, 0.5) is 5.69 Å². The van der Waals surface area contributed by atoms with Crippen LogP contribution in [0.1, 0.15) is 54.1 Å². The lowest BCUT2D eigenvalue weighted by molar-refractivity contribution is 0.0819. The van der Waals surface area contributed by atoms with Crippen LogP contribution >= 0.6 is 43.5 Å². The molecule has 0 fully saturated rings. The molecule has 0 bridgehead atoms. The van der Waals surface area contributed by atoms with Gasteiger partial charge in [-0.15, -0.1) is 0 Å². The number of rotatable bonds is 5. The van der Waals surface area contributed by atoms with E-state index in [4.69, 9.17) is 17.3 Å². The molecule has 0 aliphatic carbocycles. The summed E-state index contributed by atoms with van der Waals surface area (Å²) in [5.41, 5.74) is 6.48. The molecule has 2 rings (SSSR count). The minimum absolute atomic E-state index is 0.182. The average molecular weight is 594 g/mol. The number of hydrogen-bond donors (Lipinski definition) is 5. The molecule has 11 heteroatoms. The van der Waals surface area contributed by atoms with E-state index >= 15 is 0 Å². The molecule has 6 N–H and O–H groups in total. The van der Waals surface area contributed by atoms with Crippen molar-refractivity contribution in [1.82, 2.24) is 15.5 Å². The van der Waals surface area contributed by atoms with Gasteiger partial charge < -0.3 is 21.5 Å². The number of H-pyrrole nitrogens is 1. The number of allylic oxidation sites excluding steroid dienone is 3. The predicted molar refractivity (Wildman–Crippen MR) is 137 cm³/mol. The standard InChI is InChI=1S/C14H14Br2N4O3.C5H8ClN.C2H6/c1-6-3-8(15)4-9(13(22)17-7(2)21)12(6)18-14(23)10-5-11(16)20-19-10;1-2-3-5(6)4-7;1-2/h3-5,7,21H,1-2H3,(H,17,22)(H,18,23)(H,19,20);2-4H,7H2,1H3;1-2H3/b;3-2-,5-4+;. The molecule has 0 radical (unpaired) electrons. The van der Waals surface area contributed by atoms with Crippen molar-refractivity contribution in [2.24, 2.45) is 5.73 Å². The van der Waals surface area contributed by atoms with E-state index in [1.54, 1.807) is 25.1 Å². The molecule has 1 atom stereocenters. The van der Waals surface area contributed by atoms with Gasteiger partial charge in [0.2, 0.25) is 0 Å². The predicted octanol–water partition coefficient (Wildman–Crippen LogP) is 5.19. The van der Waals surface area contributed by atoms with Crippen molar-refractivity contribution in [2.45, 2.75) is 40.8 Å². The zero-order valence-corrected chi connectivity index (χ0v) is 22.4. The van der Waals surface area contributed by atoms with Crippen molar-refractivity contribution in [1.29, 1.82) is 0 Å². The van der Waals surface area contributed by atoms with Crippen LogP contribution in [0.5, 0.6) is 0 Å². The van der Waals surface area contributed by atoms with Gasteiger partial charge >= 0.3 is 0 Å². The van der Waals surface area contributed by atoms with E-state index in [-0.39, 0.29) is 11.3 Å². The Hall–Kier alpha value is -2.14. The van der Waals surface area contributed by atoms with E-state index in [0.717, 1.165) is 0 Å². The number of carbonyl (C=O) groups is 2. The van der Waals surface area contributed by atoms with Gasteiger partial charge in [-0.2, -0.15) is 5.10 Å². The summed E-state index contributed by atoms with van der Waals surface area (Å²) in [4.78, 5) is 24.5. The minimum atomic E-state index is -1.01. The van der Waals surface area contributed by atoms with Crippen LogP contribution in [0.25, 0.3) is 0 Å². The fraction of sp³-hybridized carbons (Fsp3) is 0.286. The Morgan fingerprint density at radius 1 is 1.25 bits per heavy atom. The number of aryl methyl sites for hydroxylation is 1. The maximum absolute atomic E-state index is 12.3. The number of hydrogen-bond acceptors (Lipinski definition) is 5. The number of amides is 2. The highest BCUT2D eigenvalue weighted by Gasteiger charge is 2.19. The first-order valence-electron chi connectivity index (χ1n) is 9.60. The molecule has 1 aromatic heterocycles. The molecule has 2 amide bonds. The van der Waals surface area contributed by atoms with Gasteiger partial charge in [-0.05, 0) is 60.5 Å². The molecule has 0 aliphatic heterocycles. The van der Waals surface area contributed by atoms with E-state index in [9.17, 15) is 14.7 Å². The van der Waals surface area contributed by atoms with Crippen molar-refractivity contribution in [3.8, 4) is 0 Å². The quantitative estimate of drug-likeness (QED) is 0.240. The molecule has 1 heterocycles. The number of aliphatic hydroxyl groups excluding tert-OH is 1. The second kappa shape index (κ2) is 15.6. The summed E-state index contributed by atoms with van der Waals surface area (Å²) in [7, 11) is 0. The number of nitrogens with zero attached hydrogens (tertiary/aromatic N) is 1. The number of benzene rings is 1. The Morgan fingerprint density at radius 2 is 1.88 bits per heavy atom. The van der Waals surface area contributed by atoms with Crippen molar-refractivity contribution >= 4 is 61.0 Å². The highest BCUT2D eigenvalue weighted by Crippen LogP contribution is 2.26. The largest absolute Gasteiger partial charge is 0.403 e. The van der Waals surface area contributed by atoms with Gasteiger partial charge in [0, 0.05) is 16.7 Å². The molecule has 0 saturated heterocycles. The first-order valence-corrected chi connectivity index (χ1v) is 11.6. The number of nitrogens with two attached hydrogens (primary N) is 1. The highest BCUT2D eigenvalue weighted by molar-refractivity contribution is 9.10. The van der Waals surface area contributed by atoms with Crippen molar-refractivity contribution in [2.75, 3.05) is 5.32 Å². The summed E-state index contributed by atoms with van der Waals surface area (Å²) in [6.45, 7) is 9.08. The number of anilines is 1. The van der Waals surface area contributed by atoms with Gasteiger partial charge in [0.25, 0.3) is 11.8 Å². The van der Waals surface area contributed by atoms with Crippen LogP contribution in [0.2, 0.25) is 0 Å².